The van der Waals surface area contributed by atoms with Crippen LogP contribution in [0, 0.1) is 0 Å². The molecule has 0 radical (unpaired) electrons. The summed E-state index contributed by atoms with van der Waals surface area (Å²) >= 11 is 0. The van der Waals surface area contributed by atoms with Crippen LogP contribution in [0.3, 0.4) is 0 Å². The third kappa shape index (κ3) is 5.62. The Labute approximate surface area is 257 Å². The van der Waals surface area contributed by atoms with Crippen LogP contribution in [-0.4, -0.2) is 52.8 Å². The van der Waals surface area contributed by atoms with Gasteiger partial charge < -0.3 is 15.0 Å². The summed E-state index contributed by atoms with van der Waals surface area (Å²) in [6, 6.07) is 35.5. The van der Waals surface area contributed by atoms with E-state index in [4.69, 9.17) is 15.0 Å². The molecule has 7 aromatic rings. The van der Waals surface area contributed by atoms with Gasteiger partial charge in [0.1, 0.15) is 17.5 Å². The van der Waals surface area contributed by atoms with Crippen molar-refractivity contribution in [1.29, 1.82) is 0 Å². The Hall–Kier alpha value is -4.79. The van der Waals surface area contributed by atoms with Crippen LogP contribution in [-0.2, 0) is 6.54 Å². The normalized spacial score (nSPS) is 14.2. The van der Waals surface area contributed by atoms with Crippen LogP contribution in [0.5, 0.6) is 0 Å². The van der Waals surface area contributed by atoms with Gasteiger partial charge in [0, 0.05) is 19.6 Å². The third-order valence-corrected chi connectivity index (χ3v) is 8.83. The summed E-state index contributed by atoms with van der Waals surface area (Å²) in [5.74, 6) is 2.88. The number of aromatic nitrogens is 6. The molecule has 0 aliphatic heterocycles. The summed E-state index contributed by atoms with van der Waals surface area (Å²) in [4.78, 5) is 30.7. The molecule has 7 rings (SSSR count). The SMILES string of the molecule is CC(c1nc2ccccc2[nH]1)N(CCN(C(C)c1nc2ccccc2[nH]1)C(C)c1nc2ccccc2[nH]1)Cc1ccccc1. The van der Waals surface area contributed by atoms with Crippen LogP contribution in [0.4, 0.5) is 0 Å². The predicted octanol–water partition coefficient (Wildman–Crippen LogP) is 7.70. The largest absolute Gasteiger partial charge is 0.341 e. The molecule has 0 saturated heterocycles. The van der Waals surface area contributed by atoms with E-state index in [0.717, 1.165) is 70.2 Å². The van der Waals surface area contributed by atoms with Crippen LogP contribution in [0.15, 0.2) is 103 Å². The van der Waals surface area contributed by atoms with E-state index in [-0.39, 0.29) is 18.1 Å². The van der Waals surface area contributed by atoms with Crippen molar-refractivity contribution in [3.8, 4) is 0 Å². The molecule has 0 saturated carbocycles. The van der Waals surface area contributed by atoms with Crippen LogP contribution in [0.1, 0.15) is 61.9 Å². The Morgan fingerprint density at radius 3 is 1.36 bits per heavy atom. The summed E-state index contributed by atoms with van der Waals surface area (Å²) < 4.78 is 0. The lowest BCUT2D eigenvalue weighted by Gasteiger charge is -2.36. The van der Waals surface area contributed by atoms with Gasteiger partial charge in [-0.1, -0.05) is 66.7 Å². The molecule has 0 bridgehead atoms. The van der Waals surface area contributed by atoms with Gasteiger partial charge in [-0.2, -0.15) is 0 Å². The summed E-state index contributed by atoms with van der Waals surface area (Å²) in [6.07, 6.45) is 0. The summed E-state index contributed by atoms with van der Waals surface area (Å²) in [6.45, 7) is 9.15. The number of hydrogen-bond donors (Lipinski definition) is 3. The minimum Gasteiger partial charge on any atom is -0.341 e. The first-order valence-corrected chi connectivity index (χ1v) is 15.4. The second-order valence-corrected chi connectivity index (χ2v) is 11.6. The highest BCUT2D eigenvalue weighted by molar-refractivity contribution is 5.76. The fraction of sp³-hybridized carbons (Fsp3) is 0.250. The minimum atomic E-state index is 0.0192. The van der Waals surface area contributed by atoms with Crippen LogP contribution in [0.2, 0.25) is 0 Å². The number of rotatable bonds is 11. The molecule has 3 N–H and O–H groups in total. The topological polar surface area (TPSA) is 92.5 Å². The van der Waals surface area contributed by atoms with E-state index in [2.05, 4.69) is 112 Å². The monoisotopic (exact) mass is 582 g/mol. The maximum absolute atomic E-state index is 5.00. The smallest absolute Gasteiger partial charge is 0.124 e. The Morgan fingerprint density at radius 2 is 0.909 bits per heavy atom. The highest BCUT2D eigenvalue weighted by Gasteiger charge is 2.29. The highest BCUT2D eigenvalue weighted by Crippen LogP contribution is 2.31. The van der Waals surface area contributed by atoms with Crippen LogP contribution < -0.4 is 0 Å². The van der Waals surface area contributed by atoms with E-state index >= 15 is 0 Å². The number of hydrogen-bond acceptors (Lipinski definition) is 5. The molecule has 0 amide bonds. The Bertz CT molecular complexity index is 1810. The van der Waals surface area contributed by atoms with E-state index in [1.54, 1.807) is 0 Å². The fourth-order valence-electron chi connectivity index (χ4n) is 6.19. The first-order chi connectivity index (χ1) is 21.5. The molecule has 4 aromatic carbocycles. The number of H-pyrrole nitrogens is 3. The van der Waals surface area contributed by atoms with Crippen molar-refractivity contribution in [1.82, 2.24) is 39.7 Å². The molecule has 0 aliphatic rings. The number of fused-ring (bicyclic) bond motifs is 3. The van der Waals surface area contributed by atoms with Crippen molar-refractivity contribution in [2.75, 3.05) is 13.1 Å². The lowest BCUT2D eigenvalue weighted by Crippen LogP contribution is -2.39. The molecule has 0 spiro atoms. The van der Waals surface area contributed by atoms with Crippen molar-refractivity contribution in [3.05, 3.63) is 126 Å². The van der Waals surface area contributed by atoms with Crippen molar-refractivity contribution < 1.29 is 0 Å². The van der Waals surface area contributed by atoms with Crippen molar-refractivity contribution in [2.24, 2.45) is 0 Å². The Kier molecular flexibility index (Phi) is 7.68. The lowest BCUT2D eigenvalue weighted by molar-refractivity contribution is 0.101. The van der Waals surface area contributed by atoms with Crippen LogP contribution in [0.25, 0.3) is 33.1 Å². The number of benzene rings is 4. The average Bonchev–Trinajstić information content (AvgIpc) is 3.80. The molecular weight excluding hydrogens is 544 g/mol. The quantitative estimate of drug-likeness (QED) is 0.145. The third-order valence-electron chi connectivity index (χ3n) is 8.83. The van der Waals surface area contributed by atoms with Gasteiger partial charge in [0.2, 0.25) is 0 Å². The first-order valence-electron chi connectivity index (χ1n) is 15.4. The van der Waals surface area contributed by atoms with Crippen molar-refractivity contribution in [2.45, 2.75) is 45.4 Å². The van der Waals surface area contributed by atoms with E-state index < -0.39 is 0 Å². The molecule has 3 heterocycles. The number of nitrogens with one attached hydrogen (secondary N) is 3. The Morgan fingerprint density at radius 1 is 0.500 bits per heavy atom. The lowest BCUT2D eigenvalue weighted by atomic mass is 10.1. The molecular formula is C36H38N8. The molecule has 3 aromatic heterocycles. The predicted molar refractivity (Wildman–Crippen MR) is 177 cm³/mol. The second kappa shape index (κ2) is 12.1. The number of nitrogens with zero attached hydrogens (tertiary/aromatic N) is 5. The highest BCUT2D eigenvalue weighted by atomic mass is 15.3. The van der Waals surface area contributed by atoms with Gasteiger partial charge in [-0.3, -0.25) is 9.80 Å². The van der Waals surface area contributed by atoms with Crippen molar-refractivity contribution >= 4 is 33.1 Å². The minimum absolute atomic E-state index is 0.0192. The standard InChI is InChI=1S/C36H38N8/c1-24(34-37-28-15-7-8-16-29(28)38-34)43(23-27-13-5-4-6-14-27)21-22-44(25(2)35-39-30-17-9-10-18-31(30)40-35)26(3)36-41-32-19-11-12-20-33(32)42-36/h4-20,24-26H,21-23H2,1-3H3,(H,37,38)(H,39,40)(H,41,42). The van der Waals surface area contributed by atoms with Gasteiger partial charge in [0.25, 0.3) is 0 Å². The molecule has 3 unspecified atom stereocenters. The van der Waals surface area contributed by atoms with Gasteiger partial charge in [-0.25, -0.2) is 15.0 Å². The van der Waals surface area contributed by atoms with E-state index in [1.165, 1.54) is 5.56 Å². The van der Waals surface area contributed by atoms with Gasteiger partial charge >= 0.3 is 0 Å². The number of para-hydroxylation sites is 6. The van der Waals surface area contributed by atoms with Gasteiger partial charge in [0.05, 0.1) is 51.2 Å². The summed E-state index contributed by atoms with van der Waals surface area (Å²) in [5, 5.41) is 0. The van der Waals surface area contributed by atoms with Gasteiger partial charge in [0.15, 0.2) is 0 Å². The molecule has 8 heteroatoms. The van der Waals surface area contributed by atoms with Crippen LogP contribution >= 0.6 is 0 Å². The molecule has 8 nitrogen and oxygen atoms in total. The fourth-order valence-corrected chi connectivity index (χ4v) is 6.19. The molecule has 44 heavy (non-hydrogen) atoms. The molecule has 0 fully saturated rings. The van der Waals surface area contributed by atoms with E-state index in [0.29, 0.717) is 0 Å². The van der Waals surface area contributed by atoms with E-state index in [9.17, 15) is 0 Å². The van der Waals surface area contributed by atoms with E-state index in [1.807, 2.05) is 36.4 Å². The van der Waals surface area contributed by atoms with Gasteiger partial charge in [-0.05, 0) is 62.7 Å². The zero-order valence-corrected chi connectivity index (χ0v) is 25.4. The average molecular weight is 583 g/mol. The second-order valence-electron chi connectivity index (χ2n) is 11.6. The zero-order chi connectivity index (χ0) is 30.0. The maximum atomic E-state index is 5.00. The first kappa shape index (κ1) is 28.0. The number of aromatic amines is 3. The molecule has 222 valence electrons. The summed E-state index contributed by atoms with van der Waals surface area (Å²) in [5.41, 5.74) is 7.40. The zero-order valence-electron chi connectivity index (χ0n) is 25.4. The van der Waals surface area contributed by atoms with Crippen molar-refractivity contribution in [3.63, 3.8) is 0 Å². The number of imidazole rings is 3. The molecule has 0 aliphatic carbocycles. The maximum Gasteiger partial charge on any atom is 0.124 e. The van der Waals surface area contributed by atoms with Gasteiger partial charge in [-0.15, -0.1) is 0 Å². The summed E-state index contributed by atoms with van der Waals surface area (Å²) in [7, 11) is 0. The Balaban J connectivity index is 1.22. The molecule has 3 atom stereocenters.